The fraction of sp³-hybridized carbons (Fsp3) is 0.409. The van der Waals surface area contributed by atoms with Gasteiger partial charge in [0.05, 0.1) is 0 Å². The van der Waals surface area contributed by atoms with Crippen LogP contribution in [0.4, 0.5) is 5.69 Å². The molecule has 166 valence electrons. The fourth-order valence-electron chi connectivity index (χ4n) is 3.95. The number of para-hydroxylation sites is 1. The quantitative estimate of drug-likeness (QED) is 0.658. The lowest BCUT2D eigenvalue weighted by Gasteiger charge is -2.36. The van der Waals surface area contributed by atoms with Crippen LogP contribution in [0.1, 0.15) is 12.8 Å². The van der Waals surface area contributed by atoms with Crippen LogP contribution in [0.25, 0.3) is 0 Å². The Bertz CT molecular complexity index is 1020. The maximum atomic E-state index is 13.0. The van der Waals surface area contributed by atoms with Gasteiger partial charge in [0.1, 0.15) is 10.6 Å². The molecule has 2 heterocycles. The fourth-order valence-corrected chi connectivity index (χ4v) is 5.86. The zero-order valence-corrected chi connectivity index (χ0v) is 18.8. The van der Waals surface area contributed by atoms with Gasteiger partial charge in [-0.1, -0.05) is 29.8 Å². The molecule has 2 aromatic rings. The Labute approximate surface area is 188 Å². The zero-order valence-electron chi connectivity index (χ0n) is 17.2. The standard InChI is InChI=1S/C22H26ClN3O4S/c23-18-8-9-20(21(16-18)31(28,29)26-10-4-5-11-26)30-17-22(27)25-14-12-24(13-15-25)19-6-2-1-3-7-19/h1-3,6-9,16H,4-5,10-15,17H2. The SMILES string of the molecule is O=C(COc1ccc(Cl)cc1S(=O)(=O)N1CCCC1)N1CCN(c2ccccc2)CC1. The van der Waals surface area contributed by atoms with Crippen LogP contribution in [0.3, 0.4) is 0 Å². The Hall–Kier alpha value is -2.29. The smallest absolute Gasteiger partial charge is 0.260 e. The summed E-state index contributed by atoms with van der Waals surface area (Å²) in [7, 11) is -3.71. The number of benzene rings is 2. The number of amides is 1. The Morgan fingerprint density at radius 1 is 0.935 bits per heavy atom. The van der Waals surface area contributed by atoms with E-state index in [4.69, 9.17) is 16.3 Å². The topological polar surface area (TPSA) is 70.2 Å². The number of carbonyl (C=O) groups is 1. The van der Waals surface area contributed by atoms with Crippen molar-refractivity contribution in [3.05, 3.63) is 53.6 Å². The number of nitrogens with zero attached hydrogens (tertiary/aromatic N) is 3. The molecule has 0 atom stereocenters. The first kappa shape index (κ1) is 21.9. The van der Waals surface area contributed by atoms with Crippen LogP contribution in [0.5, 0.6) is 5.75 Å². The molecule has 2 aromatic carbocycles. The third-order valence-electron chi connectivity index (χ3n) is 5.69. The molecule has 4 rings (SSSR count). The number of anilines is 1. The molecule has 2 aliphatic rings. The molecule has 7 nitrogen and oxygen atoms in total. The van der Waals surface area contributed by atoms with Gasteiger partial charge in [0.15, 0.2) is 6.61 Å². The average molecular weight is 464 g/mol. The largest absolute Gasteiger partial charge is 0.482 e. The summed E-state index contributed by atoms with van der Waals surface area (Å²) in [5.41, 5.74) is 1.14. The molecule has 2 saturated heterocycles. The van der Waals surface area contributed by atoms with E-state index in [-0.39, 0.29) is 23.2 Å². The van der Waals surface area contributed by atoms with Crippen molar-refractivity contribution in [3.8, 4) is 5.75 Å². The number of hydrogen-bond donors (Lipinski definition) is 0. The number of piperazine rings is 1. The van der Waals surface area contributed by atoms with E-state index < -0.39 is 10.0 Å². The molecule has 0 N–H and O–H groups in total. The molecule has 1 amide bonds. The van der Waals surface area contributed by atoms with Crippen LogP contribution in [-0.2, 0) is 14.8 Å². The van der Waals surface area contributed by atoms with E-state index in [1.807, 2.05) is 18.2 Å². The van der Waals surface area contributed by atoms with Crippen LogP contribution < -0.4 is 9.64 Å². The Morgan fingerprint density at radius 2 is 1.61 bits per heavy atom. The predicted molar refractivity (Wildman–Crippen MR) is 120 cm³/mol. The molecule has 31 heavy (non-hydrogen) atoms. The normalized spacial score (nSPS) is 17.7. The van der Waals surface area contributed by atoms with Gasteiger partial charge in [-0.15, -0.1) is 0 Å². The third-order valence-corrected chi connectivity index (χ3v) is 7.85. The van der Waals surface area contributed by atoms with Gasteiger partial charge >= 0.3 is 0 Å². The second kappa shape index (κ2) is 9.46. The van der Waals surface area contributed by atoms with Crippen molar-refractivity contribution in [2.24, 2.45) is 0 Å². The Balaban J connectivity index is 1.39. The maximum absolute atomic E-state index is 13.0. The number of ether oxygens (including phenoxy) is 1. The molecular formula is C22H26ClN3O4S. The first-order chi connectivity index (χ1) is 14.9. The van der Waals surface area contributed by atoms with E-state index >= 15 is 0 Å². The summed E-state index contributed by atoms with van der Waals surface area (Å²) in [4.78, 5) is 16.7. The minimum atomic E-state index is -3.71. The summed E-state index contributed by atoms with van der Waals surface area (Å²) in [6.07, 6.45) is 1.67. The van der Waals surface area contributed by atoms with Gasteiger partial charge in [-0.3, -0.25) is 4.79 Å². The average Bonchev–Trinajstić information content (AvgIpc) is 3.35. The van der Waals surface area contributed by atoms with E-state index in [1.54, 1.807) is 11.0 Å². The van der Waals surface area contributed by atoms with E-state index in [2.05, 4.69) is 17.0 Å². The molecule has 2 aliphatic heterocycles. The molecule has 2 fully saturated rings. The van der Waals surface area contributed by atoms with E-state index in [0.717, 1.165) is 31.6 Å². The van der Waals surface area contributed by atoms with Crippen molar-refractivity contribution in [2.45, 2.75) is 17.7 Å². The van der Waals surface area contributed by atoms with Gasteiger partial charge in [0.25, 0.3) is 5.91 Å². The lowest BCUT2D eigenvalue weighted by molar-refractivity contribution is -0.133. The predicted octanol–water partition coefficient (Wildman–Crippen LogP) is 2.85. The minimum absolute atomic E-state index is 0.0172. The lowest BCUT2D eigenvalue weighted by atomic mass is 10.2. The second-order valence-corrected chi connectivity index (χ2v) is 10.0. The molecule has 0 aromatic heterocycles. The molecule has 0 aliphatic carbocycles. The van der Waals surface area contributed by atoms with Gasteiger partial charge in [0, 0.05) is 50.0 Å². The monoisotopic (exact) mass is 463 g/mol. The van der Waals surface area contributed by atoms with E-state index in [1.165, 1.54) is 16.4 Å². The Kier molecular flexibility index (Phi) is 6.69. The summed E-state index contributed by atoms with van der Waals surface area (Å²) < 4.78 is 33.2. The number of rotatable bonds is 6. The summed E-state index contributed by atoms with van der Waals surface area (Å²) in [6.45, 7) is 3.43. The molecule has 9 heteroatoms. The van der Waals surface area contributed by atoms with Crippen molar-refractivity contribution in [3.63, 3.8) is 0 Å². The van der Waals surface area contributed by atoms with E-state index in [9.17, 15) is 13.2 Å². The van der Waals surface area contributed by atoms with Gasteiger partial charge in [-0.25, -0.2) is 8.42 Å². The molecule has 0 saturated carbocycles. The van der Waals surface area contributed by atoms with Crippen LogP contribution in [0, 0.1) is 0 Å². The molecule has 0 radical (unpaired) electrons. The van der Waals surface area contributed by atoms with Crippen molar-refractivity contribution < 1.29 is 17.9 Å². The third kappa shape index (κ3) is 4.97. The van der Waals surface area contributed by atoms with Gasteiger partial charge in [0.2, 0.25) is 10.0 Å². The minimum Gasteiger partial charge on any atom is -0.482 e. The van der Waals surface area contributed by atoms with Crippen molar-refractivity contribution >= 4 is 33.2 Å². The second-order valence-electron chi connectivity index (χ2n) is 7.69. The van der Waals surface area contributed by atoms with Crippen molar-refractivity contribution in [2.75, 3.05) is 50.8 Å². The van der Waals surface area contributed by atoms with Gasteiger partial charge < -0.3 is 14.5 Å². The molecule has 0 unspecified atom stereocenters. The first-order valence-electron chi connectivity index (χ1n) is 10.5. The number of sulfonamides is 1. The Morgan fingerprint density at radius 3 is 2.29 bits per heavy atom. The highest BCUT2D eigenvalue weighted by atomic mass is 35.5. The highest BCUT2D eigenvalue weighted by Gasteiger charge is 2.31. The zero-order chi connectivity index (χ0) is 21.8. The number of carbonyl (C=O) groups excluding carboxylic acids is 1. The number of halogens is 1. The summed E-state index contributed by atoms with van der Waals surface area (Å²) >= 11 is 6.06. The first-order valence-corrected chi connectivity index (χ1v) is 12.3. The van der Waals surface area contributed by atoms with Crippen molar-refractivity contribution in [1.29, 1.82) is 0 Å². The summed E-state index contributed by atoms with van der Waals surface area (Å²) in [5.74, 6) is -0.000228. The summed E-state index contributed by atoms with van der Waals surface area (Å²) in [5, 5.41) is 0.313. The maximum Gasteiger partial charge on any atom is 0.260 e. The van der Waals surface area contributed by atoms with Gasteiger partial charge in [-0.2, -0.15) is 4.31 Å². The van der Waals surface area contributed by atoms with Crippen LogP contribution in [-0.4, -0.2) is 69.4 Å². The number of hydrogen-bond acceptors (Lipinski definition) is 5. The van der Waals surface area contributed by atoms with Crippen LogP contribution in [0.2, 0.25) is 5.02 Å². The van der Waals surface area contributed by atoms with Crippen LogP contribution in [0.15, 0.2) is 53.4 Å². The molecule has 0 bridgehead atoms. The van der Waals surface area contributed by atoms with Gasteiger partial charge in [-0.05, 0) is 43.2 Å². The highest BCUT2D eigenvalue weighted by molar-refractivity contribution is 7.89. The molecular weight excluding hydrogens is 438 g/mol. The van der Waals surface area contributed by atoms with Crippen LogP contribution >= 0.6 is 11.6 Å². The summed E-state index contributed by atoms with van der Waals surface area (Å²) in [6, 6.07) is 14.6. The van der Waals surface area contributed by atoms with E-state index in [0.29, 0.717) is 31.2 Å². The molecule has 0 spiro atoms. The lowest BCUT2D eigenvalue weighted by Crippen LogP contribution is -2.50. The highest BCUT2D eigenvalue weighted by Crippen LogP contribution is 2.31. The van der Waals surface area contributed by atoms with Crippen molar-refractivity contribution in [1.82, 2.24) is 9.21 Å².